The second kappa shape index (κ2) is 12.0. The lowest BCUT2D eigenvalue weighted by molar-refractivity contribution is -0.284. The Morgan fingerprint density at radius 3 is 2.61 bits per heavy atom. The van der Waals surface area contributed by atoms with Gasteiger partial charge in [-0.05, 0) is 99.3 Å². The highest BCUT2D eigenvalue weighted by molar-refractivity contribution is 5.85. The molecule has 6 aliphatic rings. The summed E-state index contributed by atoms with van der Waals surface area (Å²) in [4.78, 5) is 21.1. The Morgan fingerprint density at radius 2 is 1.87 bits per heavy atom. The summed E-state index contributed by atoms with van der Waals surface area (Å²) in [5.41, 5.74) is -0.871. The molecule has 0 spiro atoms. The van der Waals surface area contributed by atoms with Gasteiger partial charge in [-0.1, -0.05) is 6.92 Å². The smallest absolute Gasteiger partial charge is 0.331 e. The fourth-order valence-electron chi connectivity index (χ4n) is 10.8. The third kappa shape index (κ3) is 5.10. The Balaban J connectivity index is 1.17. The molecule has 0 unspecified atom stereocenters. The van der Waals surface area contributed by atoms with E-state index in [0.29, 0.717) is 45.3 Å². The average Bonchev–Trinajstić information content (AvgIpc) is 3.58. The van der Waals surface area contributed by atoms with Crippen LogP contribution in [0.4, 0.5) is 0 Å². The lowest BCUT2D eigenvalue weighted by Gasteiger charge is -2.66. The van der Waals surface area contributed by atoms with E-state index in [-0.39, 0.29) is 41.3 Å². The van der Waals surface area contributed by atoms with E-state index in [1.54, 1.807) is 25.6 Å². The number of ether oxygens (including phenoxy) is 4. The van der Waals surface area contributed by atoms with Crippen LogP contribution in [0.25, 0.3) is 0 Å². The van der Waals surface area contributed by atoms with Crippen molar-refractivity contribution in [2.45, 2.75) is 127 Å². The fraction of sp³-hybridized carbons (Fsp3) is 0.750. The van der Waals surface area contributed by atoms with Crippen molar-refractivity contribution in [3.8, 4) is 0 Å². The second-order valence-corrected chi connectivity index (χ2v) is 15.2. The van der Waals surface area contributed by atoms with Crippen LogP contribution in [0.15, 0.2) is 41.2 Å². The van der Waals surface area contributed by atoms with Crippen LogP contribution in [-0.2, 0) is 30.3 Å². The highest BCUT2D eigenvalue weighted by Crippen LogP contribution is 2.70. The molecule has 10 nitrogen and oxygen atoms in total. The van der Waals surface area contributed by atoms with Crippen molar-refractivity contribution in [1.82, 2.24) is 4.98 Å². The Morgan fingerprint density at radius 1 is 1.09 bits per heavy atom. The van der Waals surface area contributed by atoms with Crippen LogP contribution in [0.1, 0.15) is 83.6 Å². The molecule has 0 radical (unpaired) electrons. The normalized spacial score (nSPS) is 47.2. The van der Waals surface area contributed by atoms with E-state index in [4.69, 9.17) is 23.9 Å². The molecule has 252 valence electrons. The molecule has 7 rings (SSSR count). The SMILES string of the molecule is CO[C@@H]1C[C@H](O[C@@H]2CC[C@]3(C=NCc4ccncc4)[C@H]4CC[C@]5(C)[C@H](C6=CC(=O)OC6)CC[C@]5(O)[C@@H]4CC[C@]3(O)C2)O[C@H](C)[C@H]1O. The van der Waals surface area contributed by atoms with Crippen molar-refractivity contribution in [3.63, 3.8) is 0 Å². The highest BCUT2D eigenvalue weighted by Gasteiger charge is 2.71. The number of pyridine rings is 1. The molecule has 0 bridgehead atoms. The van der Waals surface area contributed by atoms with Crippen LogP contribution < -0.4 is 0 Å². The summed E-state index contributed by atoms with van der Waals surface area (Å²) in [6, 6.07) is 3.93. The maximum Gasteiger partial charge on any atom is 0.331 e. The number of aromatic nitrogens is 1. The third-order valence-corrected chi connectivity index (χ3v) is 13.3. The number of methoxy groups -OCH3 is 1. The number of hydrogen-bond donors (Lipinski definition) is 3. The van der Waals surface area contributed by atoms with Crippen molar-refractivity contribution in [2.24, 2.45) is 33.6 Å². The molecule has 46 heavy (non-hydrogen) atoms. The monoisotopic (exact) mass is 638 g/mol. The van der Waals surface area contributed by atoms with E-state index in [9.17, 15) is 20.1 Å². The number of carbonyl (C=O) groups is 1. The van der Waals surface area contributed by atoms with Gasteiger partial charge in [-0.2, -0.15) is 0 Å². The zero-order valence-corrected chi connectivity index (χ0v) is 27.3. The van der Waals surface area contributed by atoms with Crippen LogP contribution in [0.2, 0.25) is 0 Å². The first kappa shape index (κ1) is 32.3. The number of fused-ring (bicyclic) bond motifs is 5. The maximum atomic E-state index is 12.8. The molecule has 1 aromatic heterocycles. The zero-order chi connectivity index (χ0) is 32.3. The van der Waals surface area contributed by atoms with Crippen molar-refractivity contribution in [1.29, 1.82) is 0 Å². The maximum absolute atomic E-state index is 12.8. The molecule has 3 heterocycles. The molecule has 3 N–H and O–H groups in total. The van der Waals surface area contributed by atoms with Crippen molar-refractivity contribution < 1.29 is 39.1 Å². The van der Waals surface area contributed by atoms with Crippen molar-refractivity contribution in [2.75, 3.05) is 13.7 Å². The quantitative estimate of drug-likeness (QED) is 0.231. The number of nitrogens with zero attached hydrogens (tertiary/aromatic N) is 2. The minimum Gasteiger partial charge on any atom is -0.458 e. The largest absolute Gasteiger partial charge is 0.458 e. The topological polar surface area (TPSA) is 140 Å². The lowest BCUT2D eigenvalue weighted by atomic mass is 9.41. The molecule has 1 aromatic rings. The molecule has 4 aliphatic carbocycles. The van der Waals surface area contributed by atoms with Gasteiger partial charge in [0.2, 0.25) is 0 Å². The van der Waals surface area contributed by atoms with Crippen LogP contribution in [0.5, 0.6) is 0 Å². The van der Waals surface area contributed by atoms with Gasteiger partial charge in [0.25, 0.3) is 0 Å². The predicted octanol–water partition coefficient (Wildman–Crippen LogP) is 3.90. The first-order chi connectivity index (χ1) is 22.0. The number of esters is 1. The molecule has 2 aliphatic heterocycles. The van der Waals surface area contributed by atoms with Gasteiger partial charge in [0, 0.05) is 55.5 Å². The molecule has 10 heteroatoms. The molecule has 5 fully saturated rings. The Labute approximate surface area is 271 Å². The first-order valence-corrected chi connectivity index (χ1v) is 17.3. The molecule has 0 aromatic carbocycles. The average molecular weight is 639 g/mol. The minimum atomic E-state index is -1.06. The van der Waals surface area contributed by atoms with Crippen molar-refractivity contribution >= 4 is 12.2 Å². The fourth-order valence-corrected chi connectivity index (χ4v) is 10.8. The van der Waals surface area contributed by atoms with Gasteiger partial charge in [-0.3, -0.25) is 9.98 Å². The minimum absolute atomic E-state index is 0.00599. The van der Waals surface area contributed by atoms with Gasteiger partial charge in [-0.15, -0.1) is 0 Å². The third-order valence-electron chi connectivity index (χ3n) is 13.3. The van der Waals surface area contributed by atoms with Gasteiger partial charge in [0.05, 0.1) is 36.1 Å². The summed E-state index contributed by atoms with van der Waals surface area (Å²) >= 11 is 0. The predicted molar refractivity (Wildman–Crippen MR) is 169 cm³/mol. The van der Waals surface area contributed by atoms with Crippen LogP contribution >= 0.6 is 0 Å². The zero-order valence-electron chi connectivity index (χ0n) is 27.3. The number of hydrogen-bond acceptors (Lipinski definition) is 10. The summed E-state index contributed by atoms with van der Waals surface area (Å²) < 4.78 is 23.4. The molecule has 1 saturated heterocycles. The van der Waals surface area contributed by atoms with Crippen molar-refractivity contribution in [3.05, 3.63) is 41.7 Å². The lowest BCUT2D eigenvalue weighted by Crippen LogP contribution is -2.69. The van der Waals surface area contributed by atoms with E-state index in [2.05, 4.69) is 18.1 Å². The Hall–Kier alpha value is -2.21. The summed E-state index contributed by atoms with van der Waals surface area (Å²) in [7, 11) is 1.60. The van der Waals surface area contributed by atoms with E-state index in [1.807, 2.05) is 19.1 Å². The summed E-state index contributed by atoms with van der Waals surface area (Å²) in [5, 5.41) is 36.0. The molecule has 0 amide bonds. The summed E-state index contributed by atoms with van der Waals surface area (Å²) in [5.74, 6) is -0.111. The molecular formula is C36H50N2O8. The first-order valence-electron chi connectivity index (χ1n) is 17.3. The molecule has 12 atom stereocenters. The molecular weight excluding hydrogens is 588 g/mol. The van der Waals surface area contributed by atoms with Gasteiger partial charge in [-0.25, -0.2) is 4.79 Å². The summed E-state index contributed by atoms with van der Waals surface area (Å²) in [6.45, 7) is 4.87. The van der Waals surface area contributed by atoms with E-state index >= 15 is 0 Å². The van der Waals surface area contributed by atoms with E-state index in [0.717, 1.165) is 43.2 Å². The number of aliphatic hydroxyl groups is 3. The van der Waals surface area contributed by atoms with E-state index in [1.165, 1.54) is 0 Å². The van der Waals surface area contributed by atoms with Crippen LogP contribution in [-0.4, -0.2) is 88.1 Å². The van der Waals surface area contributed by atoms with Gasteiger partial charge >= 0.3 is 5.97 Å². The number of aliphatic imine (C=N–C) groups is 1. The number of aliphatic hydroxyl groups excluding tert-OH is 1. The Kier molecular flexibility index (Phi) is 8.46. The van der Waals surface area contributed by atoms with Crippen LogP contribution in [0.3, 0.4) is 0 Å². The number of rotatable bonds is 7. The number of cyclic esters (lactones) is 1. The van der Waals surface area contributed by atoms with Crippen LogP contribution in [0, 0.1) is 28.6 Å². The number of carbonyl (C=O) groups excluding carboxylic acids is 1. The Bertz CT molecular complexity index is 1360. The second-order valence-electron chi connectivity index (χ2n) is 15.2. The van der Waals surface area contributed by atoms with Gasteiger partial charge < -0.3 is 34.3 Å². The van der Waals surface area contributed by atoms with Gasteiger partial charge in [0.15, 0.2) is 6.29 Å². The standard InChI is InChI=1S/C36H50N2O8/c1-22-32(40)29(43-3)17-31(45-22)46-25-4-11-34(21-38-19-23-8-14-37-15-9-23)27-5-10-33(2)26(24-16-30(39)44-20-24)7-13-36(33,42)28(27)6-12-35(34,41)18-25/h8-9,14-16,21-22,25-29,31-32,40-42H,4-7,10-13,17-20H2,1-3H3/t22-,25-,26+,27+,28-,29-,31+,32-,33-,34+,35+,36+/m1/s1. The highest BCUT2D eigenvalue weighted by atomic mass is 16.7. The van der Waals surface area contributed by atoms with E-state index < -0.39 is 35.1 Å². The van der Waals surface area contributed by atoms with Gasteiger partial charge in [0.1, 0.15) is 12.7 Å². The molecule has 4 saturated carbocycles. The summed E-state index contributed by atoms with van der Waals surface area (Å²) in [6.07, 6.45) is 11.8.